The molecule has 0 radical (unpaired) electrons. The number of rotatable bonds is 22. The molecule has 4 N–H and O–H groups in total. The van der Waals surface area contributed by atoms with E-state index in [9.17, 15) is 26.9 Å². The van der Waals surface area contributed by atoms with Gasteiger partial charge >= 0.3 is 14.9 Å². The van der Waals surface area contributed by atoms with Gasteiger partial charge in [-0.1, -0.05) is 134 Å². The lowest BCUT2D eigenvalue weighted by Gasteiger charge is -2.10. The van der Waals surface area contributed by atoms with E-state index >= 15 is 0 Å². The SMILES string of the molecule is CCc1c(C(=O)/C=C(\OB(F)F)c2[nH]c(-c3ccccc3)c(CC)c2CC)[nH]c(-c2cccc(-c3[nH]c(C(=O)/C=C(/OB(F)F)c4[nH]c(-c5ccccc5)c(CC)c4CC)c(CC)c3CC)c2)c1CC. The fourth-order valence-electron chi connectivity index (χ4n) is 10.2. The number of benzene rings is 3. The van der Waals surface area contributed by atoms with E-state index in [2.05, 4.69) is 19.9 Å². The van der Waals surface area contributed by atoms with Crippen LogP contribution in [-0.2, 0) is 60.7 Å². The largest absolute Gasteiger partial charge is 0.796 e. The molecule has 0 amide bonds. The maximum Gasteiger partial charge on any atom is 0.796 e. The molecule has 4 aromatic heterocycles. The summed E-state index contributed by atoms with van der Waals surface area (Å²) in [4.78, 5) is 42.4. The van der Waals surface area contributed by atoms with Crippen molar-refractivity contribution in [3.05, 3.63) is 164 Å². The summed E-state index contributed by atoms with van der Waals surface area (Å²) in [5.41, 5.74) is 14.4. The molecule has 7 aromatic rings. The number of aromatic nitrogens is 4. The summed E-state index contributed by atoms with van der Waals surface area (Å²) >= 11 is 0. The van der Waals surface area contributed by atoms with E-state index in [1.165, 1.54) is 0 Å². The van der Waals surface area contributed by atoms with E-state index in [1.807, 2.05) is 140 Å². The van der Waals surface area contributed by atoms with Gasteiger partial charge in [0.1, 0.15) is 11.5 Å². The van der Waals surface area contributed by atoms with Crippen LogP contribution in [0.4, 0.5) is 17.3 Å². The van der Waals surface area contributed by atoms with Crippen molar-refractivity contribution in [1.29, 1.82) is 0 Å². The van der Waals surface area contributed by atoms with Crippen LogP contribution < -0.4 is 0 Å². The molecule has 0 aliphatic carbocycles. The van der Waals surface area contributed by atoms with Crippen LogP contribution in [0.3, 0.4) is 0 Å². The second kappa shape index (κ2) is 22.6. The van der Waals surface area contributed by atoms with Gasteiger partial charge < -0.3 is 29.2 Å². The molecule has 70 heavy (non-hydrogen) atoms. The molecule has 0 bridgehead atoms. The number of carbonyl (C=O) groups is 2. The third-order valence-corrected chi connectivity index (χ3v) is 13.2. The van der Waals surface area contributed by atoms with Gasteiger partial charge in [0.15, 0.2) is 0 Å². The quantitative estimate of drug-likeness (QED) is 0.0178. The van der Waals surface area contributed by atoms with Crippen molar-refractivity contribution in [3.63, 3.8) is 0 Å². The Balaban J connectivity index is 1.29. The number of allylic oxidation sites excluding steroid dienone is 2. The Labute approximate surface area is 408 Å². The zero-order valence-corrected chi connectivity index (χ0v) is 41.2. The summed E-state index contributed by atoms with van der Waals surface area (Å²) in [6.45, 7) is 15.8. The lowest BCUT2D eigenvalue weighted by atomic mass is 9.95. The first-order valence-corrected chi connectivity index (χ1v) is 24.4. The first-order valence-electron chi connectivity index (χ1n) is 24.4. The van der Waals surface area contributed by atoms with Crippen molar-refractivity contribution in [2.75, 3.05) is 0 Å². The monoisotopic (exact) mass is 950 g/mol. The van der Waals surface area contributed by atoms with Gasteiger partial charge in [0.05, 0.1) is 22.8 Å². The van der Waals surface area contributed by atoms with Gasteiger partial charge in [-0.2, -0.15) is 0 Å². The summed E-state index contributed by atoms with van der Waals surface area (Å²) in [6, 6.07) is 27.0. The molecule has 0 spiro atoms. The topological polar surface area (TPSA) is 116 Å². The Morgan fingerprint density at radius 2 is 0.671 bits per heavy atom. The number of aromatic amines is 4. The highest BCUT2D eigenvalue weighted by Crippen LogP contribution is 2.39. The van der Waals surface area contributed by atoms with Crippen LogP contribution in [0.15, 0.2) is 97.1 Å². The second-order valence-electron chi connectivity index (χ2n) is 17.0. The summed E-state index contributed by atoms with van der Waals surface area (Å²) in [5, 5.41) is 0. The van der Waals surface area contributed by atoms with Crippen molar-refractivity contribution in [2.45, 2.75) is 107 Å². The third kappa shape index (κ3) is 10.2. The Hall–Kier alpha value is -6.95. The average Bonchev–Trinajstić information content (AvgIpc) is 4.15. The number of ketones is 2. The highest BCUT2D eigenvalue weighted by molar-refractivity contribution is 6.36. The van der Waals surface area contributed by atoms with Crippen LogP contribution in [0.2, 0.25) is 0 Å². The van der Waals surface area contributed by atoms with Crippen LogP contribution in [0.25, 0.3) is 56.5 Å². The van der Waals surface area contributed by atoms with Crippen LogP contribution in [0.5, 0.6) is 0 Å². The molecular formula is C56H60B2F4N4O4. The number of carbonyl (C=O) groups excluding carboxylic acids is 2. The molecule has 0 atom stereocenters. The number of hydrogen-bond donors (Lipinski definition) is 4. The fraction of sp³-hybridized carbons (Fsp3) is 0.286. The van der Waals surface area contributed by atoms with Crippen molar-refractivity contribution in [2.24, 2.45) is 0 Å². The van der Waals surface area contributed by atoms with Gasteiger partial charge in [0, 0.05) is 34.9 Å². The minimum absolute atomic E-state index is 0.244. The summed E-state index contributed by atoms with van der Waals surface area (Å²) in [6.07, 6.45) is 6.74. The van der Waals surface area contributed by atoms with Crippen molar-refractivity contribution >= 4 is 38.0 Å². The molecule has 362 valence electrons. The Morgan fingerprint density at radius 1 is 0.400 bits per heavy atom. The predicted molar refractivity (Wildman–Crippen MR) is 276 cm³/mol. The summed E-state index contributed by atoms with van der Waals surface area (Å²) in [5.74, 6) is -1.51. The summed E-state index contributed by atoms with van der Waals surface area (Å²) < 4.78 is 67.1. The Bertz CT molecular complexity index is 2840. The van der Waals surface area contributed by atoms with Crippen LogP contribution in [-0.4, -0.2) is 46.4 Å². The molecular weight excluding hydrogens is 890 g/mol. The first kappa shape index (κ1) is 50.9. The lowest BCUT2D eigenvalue weighted by molar-refractivity contribution is 0.103. The molecule has 3 aromatic carbocycles. The highest BCUT2D eigenvalue weighted by atomic mass is 19.2. The average molecular weight is 951 g/mol. The maximum atomic E-state index is 14.5. The smallest absolute Gasteiger partial charge is 0.503 e. The number of H-pyrrole nitrogens is 4. The second-order valence-corrected chi connectivity index (χ2v) is 17.0. The van der Waals surface area contributed by atoms with Gasteiger partial charge in [-0.3, -0.25) is 9.59 Å². The molecule has 0 fully saturated rings. The van der Waals surface area contributed by atoms with Gasteiger partial charge in [0.2, 0.25) is 11.6 Å². The van der Waals surface area contributed by atoms with Crippen LogP contribution in [0, 0.1) is 0 Å². The van der Waals surface area contributed by atoms with E-state index in [0.717, 1.165) is 90.3 Å². The highest BCUT2D eigenvalue weighted by Gasteiger charge is 2.30. The minimum Gasteiger partial charge on any atom is -0.503 e. The van der Waals surface area contributed by atoms with E-state index in [1.54, 1.807) is 0 Å². The van der Waals surface area contributed by atoms with Gasteiger partial charge in [-0.15, -0.1) is 0 Å². The van der Waals surface area contributed by atoms with Gasteiger partial charge in [-0.25, -0.2) is 17.3 Å². The Morgan fingerprint density at radius 3 is 0.971 bits per heavy atom. The minimum atomic E-state index is -3.18. The molecule has 7 rings (SSSR count). The Kier molecular flexibility index (Phi) is 16.5. The molecule has 0 saturated carbocycles. The lowest BCUT2D eigenvalue weighted by Crippen LogP contribution is -2.09. The molecule has 8 nitrogen and oxygen atoms in total. The summed E-state index contributed by atoms with van der Waals surface area (Å²) in [7, 11) is -6.36. The van der Waals surface area contributed by atoms with Crippen LogP contribution >= 0.6 is 0 Å². The van der Waals surface area contributed by atoms with E-state index < -0.39 is 26.5 Å². The molecule has 0 saturated heterocycles. The number of halogens is 4. The maximum absolute atomic E-state index is 14.5. The normalized spacial score (nSPS) is 11.9. The van der Waals surface area contributed by atoms with Gasteiger partial charge in [-0.05, 0) is 124 Å². The van der Waals surface area contributed by atoms with Crippen molar-refractivity contribution < 1.29 is 36.2 Å². The zero-order chi connectivity index (χ0) is 50.2. The zero-order valence-electron chi connectivity index (χ0n) is 41.2. The number of nitrogens with one attached hydrogen (secondary N) is 4. The molecule has 0 aliphatic heterocycles. The molecule has 14 heteroatoms. The van der Waals surface area contributed by atoms with Crippen molar-refractivity contribution in [1.82, 2.24) is 19.9 Å². The van der Waals surface area contributed by atoms with E-state index in [-0.39, 0.29) is 22.9 Å². The standard InChI is InChI=1S/C56H60B2F4N4O4/c1-9-37-41(13-5)53(45(67)31-47(69-57(59)60)55-43(15-7)39(11-3)49(65-55)33-24-19-17-20-25-33)63-51(37)35-28-23-29-36(30-35)52-38(10-2)42(14-6)54(64-52)46(68)32-48(70-58(61)62)56-44(16-8)40(12-4)50(66-56)34-26-21-18-22-27-34/h17-32,63-66H,9-16H2,1-8H3/b47-31-,48-32+. The van der Waals surface area contributed by atoms with Crippen molar-refractivity contribution in [3.8, 4) is 45.0 Å². The molecule has 4 heterocycles. The van der Waals surface area contributed by atoms with Crippen LogP contribution in [0.1, 0.15) is 132 Å². The van der Waals surface area contributed by atoms with E-state index in [4.69, 9.17) is 9.31 Å². The first-order chi connectivity index (χ1) is 33.9. The van der Waals surface area contributed by atoms with E-state index in [0.29, 0.717) is 74.1 Å². The van der Waals surface area contributed by atoms with Gasteiger partial charge in [0.25, 0.3) is 0 Å². The fourth-order valence-corrected chi connectivity index (χ4v) is 10.2. The predicted octanol–water partition coefficient (Wildman–Crippen LogP) is 14.5. The molecule has 0 aliphatic rings. The molecule has 0 unspecified atom stereocenters. The number of hydrogen-bond acceptors (Lipinski definition) is 4. The third-order valence-electron chi connectivity index (χ3n) is 13.2.